The summed E-state index contributed by atoms with van der Waals surface area (Å²) in [7, 11) is 0. The van der Waals surface area contributed by atoms with Crippen molar-refractivity contribution in [1.82, 2.24) is 4.90 Å². The molecule has 1 aliphatic carbocycles. The summed E-state index contributed by atoms with van der Waals surface area (Å²) in [6.07, 6.45) is 1.78. The van der Waals surface area contributed by atoms with E-state index in [0.717, 1.165) is 4.90 Å². The molecule has 2 amide bonds. The van der Waals surface area contributed by atoms with Gasteiger partial charge >= 0.3 is 12.1 Å². The van der Waals surface area contributed by atoms with Gasteiger partial charge in [-0.1, -0.05) is 13.8 Å². The zero-order valence-corrected chi connectivity index (χ0v) is 11.8. The number of hydrogen-bond acceptors (Lipinski definition) is 6. The molecule has 7 heteroatoms. The molecular formula is C14H17NO6. The second-order valence-corrected chi connectivity index (χ2v) is 6.01. The summed E-state index contributed by atoms with van der Waals surface area (Å²) < 4.78 is 9.91. The normalized spacial score (nSPS) is 37.9. The predicted molar refractivity (Wildman–Crippen MR) is 68.9 cm³/mol. The zero-order chi connectivity index (χ0) is 15.4. The number of carbonyl (C=O) groups is 3. The van der Waals surface area contributed by atoms with Crippen molar-refractivity contribution in [2.75, 3.05) is 6.61 Å². The molecule has 0 spiro atoms. The number of aliphatic hydroxyl groups is 1. The number of hydrogen-bond donors (Lipinski definition) is 1. The van der Waals surface area contributed by atoms with Crippen LogP contribution < -0.4 is 0 Å². The van der Waals surface area contributed by atoms with Gasteiger partial charge in [-0.15, -0.1) is 0 Å². The van der Waals surface area contributed by atoms with Crippen LogP contribution in [0.15, 0.2) is 12.2 Å². The molecule has 0 aromatic carbocycles. The lowest BCUT2D eigenvalue weighted by atomic mass is 9.75. The van der Waals surface area contributed by atoms with Crippen LogP contribution in [0.1, 0.15) is 20.3 Å². The maximum Gasteiger partial charge on any atom is 0.416 e. The molecule has 0 saturated carbocycles. The fraction of sp³-hybridized carbons (Fsp3) is 0.643. The largest absolute Gasteiger partial charge is 0.456 e. The number of amides is 2. The number of cyclic esters (lactones) is 1. The minimum atomic E-state index is -1.99. The summed E-state index contributed by atoms with van der Waals surface area (Å²) in [4.78, 5) is 37.4. The van der Waals surface area contributed by atoms with Crippen molar-refractivity contribution >= 4 is 18.0 Å². The second kappa shape index (κ2) is 4.56. The fourth-order valence-electron chi connectivity index (χ4n) is 3.03. The molecule has 0 aromatic rings. The molecule has 3 heterocycles. The van der Waals surface area contributed by atoms with E-state index in [-0.39, 0.29) is 25.0 Å². The first kappa shape index (κ1) is 14.1. The van der Waals surface area contributed by atoms with Gasteiger partial charge in [0.15, 0.2) is 5.60 Å². The summed E-state index contributed by atoms with van der Waals surface area (Å²) >= 11 is 0. The number of fused-ring (bicyclic) bond motifs is 2. The van der Waals surface area contributed by atoms with E-state index in [9.17, 15) is 19.5 Å². The Morgan fingerprint density at radius 3 is 2.81 bits per heavy atom. The summed E-state index contributed by atoms with van der Waals surface area (Å²) in [5.41, 5.74) is -1.99. The third-order valence-electron chi connectivity index (χ3n) is 4.36. The van der Waals surface area contributed by atoms with Gasteiger partial charge in [0.1, 0.15) is 12.7 Å². The summed E-state index contributed by atoms with van der Waals surface area (Å²) in [5, 5.41) is 10.4. The molecule has 4 atom stereocenters. The quantitative estimate of drug-likeness (QED) is 0.579. The van der Waals surface area contributed by atoms with Crippen molar-refractivity contribution in [2.45, 2.75) is 38.0 Å². The molecule has 3 aliphatic heterocycles. The van der Waals surface area contributed by atoms with Crippen molar-refractivity contribution in [3.63, 3.8) is 0 Å². The average molecular weight is 295 g/mol. The van der Waals surface area contributed by atoms with Crippen LogP contribution in [0.2, 0.25) is 0 Å². The average Bonchev–Trinajstić information content (AvgIpc) is 2.81. The SMILES string of the molecule is CC(C)[C@H]1COC(=O)N1C(=O)[C@H]1C[C@H]2C=C[C@]1(O)C(=O)O2. The van der Waals surface area contributed by atoms with E-state index < -0.39 is 35.6 Å². The Kier molecular flexibility index (Phi) is 3.05. The number of imide groups is 1. The second-order valence-electron chi connectivity index (χ2n) is 6.01. The molecule has 114 valence electrons. The van der Waals surface area contributed by atoms with E-state index in [4.69, 9.17) is 9.47 Å². The highest BCUT2D eigenvalue weighted by molar-refractivity contribution is 6.00. The van der Waals surface area contributed by atoms with Crippen LogP contribution in [0.5, 0.6) is 0 Å². The Balaban J connectivity index is 1.90. The number of nitrogens with zero attached hydrogens (tertiary/aromatic N) is 1. The first-order valence-corrected chi connectivity index (χ1v) is 6.97. The molecule has 0 radical (unpaired) electrons. The fourth-order valence-corrected chi connectivity index (χ4v) is 3.03. The summed E-state index contributed by atoms with van der Waals surface area (Å²) in [6.45, 7) is 3.89. The van der Waals surface area contributed by atoms with E-state index >= 15 is 0 Å². The van der Waals surface area contributed by atoms with Crippen molar-refractivity contribution in [3.8, 4) is 0 Å². The van der Waals surface area contributed by atoms with Crippen LogP contribution in [0.25, 0.3) is 0 Å². The molecule has 21 heavy (non-hydrogen) atoms. The topological polar surface area (TPSA) is 93.1 Å². The van der Waals surface area contributed by atoms with Crippen LogP contribution in [0, 0.1) is 11.8 Å². The van der Waals surface area contributed by atoms with E-state index in [0.29, 0.717) is 0 Å². The van der Waals surface area contributed by atoms with Crippen molar-refractivity contribution in [2.24, 2.45) is 11.8 Å². The Hall–Kier alpha value is -1.89. The van der Waals surface area contributed by atoms with Gasteiger partial charge in [-0.25, -0.2) is 14.5 Å². The van der Waals surface area contributed by atoms with Crippen molar-refractivity contribution in [3.05, 3.63) is 12.2 Å². The number of esters is 1. The van der Waals surface area contributed by atoms with E-state index in [1.807, 2.05) is 13.8 Å². The molecule has 4 aliphatic rings. The van der Waals surface area contributed by atoms with Gasteiger partial charge in [-0.2, -0.15) is 0 Å². The van der Waals surface area contributed by atoms with Gasteiger partial charge in [-0.05, 0) is 18.1 Å². The van der Waals surface area contributed by atoms with E-state index in [2.05, 4.69) is 0 Å². The summed E-state index contributed by atoms with van der Waals surface area (Å²) in [5.74, 6) is -2.41. The van der Waals surface area contributed by atoms with Crippen molar-refractivity contribution < 1.29 is 29.0 Å². The smallest absolute Gasteiger partial charge is 0.416 e. The van der Waals surface area contributed by atoms with Crippen LogP contribution >= 0.6 is 0 Å². The van der Waals surface area contributed by atoms with Gasteiger partial charge in [0.05, 0.1) is 12.0 Å². The van der Waals surface area contributed by atoms with Crippen LogP contribution in [-0.4, -0.2) is 52.3 Å². The van der Waals surface area contributed by atoms with Crippen LogP contribution in [-0.2, 0) is 19.1 Å². The first-order chi connectivity index (χ1) is 9.84. The van der Waals surface area contributed by atoms with E-state index in [1.54, 1.807) is 6.08 Å². The molecule has 7 nitrogen and oxygen atoms in total. The Morgan fingerprint density at radius 1 is 1.48 bits per heavy atom. The lowest BCUT2D eigenvalue weighted by Crippen LogP contribution is -2.61. The lowest BCUT2D eigenvalue weighted by molar-refractivity contribution is -0.189. The number of carbonyl (C=O) groups excluding carboxylic acids is 3. The maximum atomic E-state index is 12.7. The molecule has 1 N–H and O–H groups in total. The first-order valence-electron chi connectivity index (χ1n) is 6.97. The number of ether oxygens (including phenoxy) is 2. The number of rotatable bonds is 2. The predicted octanol–water partition coefficient (Wildman–Crippen LogP) is 0.222. The summed E-state index contributed by atoms with van der Waals surface area (Å²) in [6, 6.07) is -0.381. The zero-order valence-electron chi connectivity index (χ0n) is 11.8. The highest BCUT2D eigenvalue weighted by Crippen LogP contribution is 2.39. The minimum absolute atomic E-state index is 0.0262. The van der Waals surface area contributed by atoms with Gasteiger partial charge in [0.25, 0.3) is 0 Å². The third-order valence-corrected chi connectivity index (χ3v) is 4.36. The maximum absolute atomic E-state index is 12.7. The van der Waals surface area contributed by atoms with Gasteiger partial charge in [0, 0.05) is 6.42 Å². The monoisotopic (exact) mass is 295 g/mol. The minimum Gasteiger partial charge on any atom is -0.456 e. The Morgan fingerprint density at radius 2 is 2.19 bits per heavy atom. The van der Waals surface area contributed by atoms with E-state index in [1.165, 1.54) is 6.08 Å². The Labute approximate surface area is 121 Å². The van der Waals surface area contributed by atoms with Gasteiger partial charge < -0.3 is 14.6 Å². The Bertz CT molecular complexity index is 542. The third kappa shape index (κ3) is 1.95. The molecule has 0 aromatic heterocycles. The lowest BCUT2D eigenvalue weighted by Gasteiger charge is -2.42. The van der Waals surface area contributed by atoms with Gasteiger partial charge in [0.2, 0.25) is 5.91 Å². The molecular weight excluding hydrogens is 278 g/mol. The molecule has 0 unspecified atom stereocenters. The standard InChI is InChI=1S/C14H17NO6/c1-7(2)10-6-20-13(18)15(10)11(16)9-5-8-3-4-14(9,19)12(17)21-8/h3-4,7-10,19H,5-6H2,1-2H3/t8-,9-,10-,14-/m1/s1. The van der Waals surface area contributed by atoms with Crippen LogP contribution in [0.3, 0.4) is 0 Å². The highest BCUT2D eigenvalue weighted by atomic mass is 16.6. The molecule has 2 fully saturated rings. The van der Waals surface area contributed by atoms with Gasteiger partial charge in [-0.3, -0.25) is 4.79 Å². The van der Waals surface area contributed by atoms with Crippen molar-refractivity contribution in [1.29, 1.82) is 0 Å². The highest BCUT2D eigenvalue weighted by Gasteiger charge is 2.58. The molecule has 2 saturated heterocycles. The molecule has 4 rings (SSSR count). The molecule has 2 bridgehead atoms. The van der Waals surface area contributed by atoms with Crippen LogP contribution in [0.4, 0.5) is 4.79 Å².